The van der Waals surface area contributed by atoms with Crippen LogP contribution in [0.5, 0.6) is 11.5 Å². The molecule has 1 N–H and O–H groups in total. The van der Waals surface area contributed by atoms with Crippen molar-refractivity contribution >= 4 is 12.4 Å². The molecule has 2 aliphatic heterocycles. The van der Waals surface area contributed by atoms with E-state index in [1.807, 2.05) is 12.1 Å². The average Bonchev–Trinajstić information content (AvgIpc) is 2.69. The van der Waals surface area contributed by atoms with E-state index in [1.165, 1.54) is 18.4 Å². The monoisotopic (exact) mass is 255 g/mol. The predicted molar refractivity (Wildman–Crippen MR) is 69.5 cm³/mol. The standard InChI is InChI=1S/C13H17NO2.ClH/c1-15-10-2-3-11-12(8-10)16-9-13(11)4-6-14-7-5-13;/h2-3,8,14H,4-7,9H2,1H3;1H. The number of piperidine rings is 1. The molecule has 1 aromatic carbocycles. The highest BCUT2D eigenvalue weighted by molar-refractivity contribution is 5.85. The summed E-state index contributed by atoms with van der Waals surface area (Å²) in [6.45, 7) is 3.01. The van der Waals surface area contributed by atoms with Gasteiger partial charge in [0.1, 0.15) is 11.5 Å². The Bertz CT molecular complexity index is 402. The van der Waals surface area contributed by atoms with Crippen molar-refractivity contribution in [2.75, 3.05) is 26.8 Å². The summed E-state index contributed by atoms with van der Waals surface area (Å²) >= 11 is 0. The minimum atomic E-state index is 0. The third-order valence-electron chi connectivity index (χ3n) is 3.82. The summed E-state index contributed by atoms with van der Waals surface area (Å²) in [5.41, 5.74) is 1.63. The predicted octanol–water partition coefficient (Wildman–Crippen LogP) is 2.13. The number of ether oxygens (including phenoxy) is 2. The molecule has 0 bridgehead atoms. The van der Waals surface area contributed by atoms with Crippen LogP contribution < -0.4 is 14.8 Å². The highest BCUT2D eigenvalue weighted by Crippen LogP contribution is 2.45. The Balaban J connectivity index is 0.00000108. The van der Waals surface area contributed by atoms with Crippen LogP contribution in [0.3, 0.4) is 0 Å². The molecule has 0 aliphatic carbocycles. The number of halogens is 1. The van der Waals surface area contributed by atoms with E-state index < -0.39 is 0 Å². The molecular formula is C13H18ClNO2. The van der Waals surface area contributed by atoms with Crippen LogP contribution in [-0.2, 0) is 5.41 Å². The van der Waals surface area contributed by atoms with Crippen LogP contribution in [0.4, 0.5) is 0 Å². The molecule has 2 aliphatic rings. The zero-order valence-electron chi connectivity index (χ0n) is 9.99. The second-order valence-electron chi connectivity index (χ2n) is 4.68. The topological polar surface area (TPSA) is 30.5 Å². The fourth-order valence-corrected chi connectivity index (χ4v) is 2.80. The van der Waals surface area contributed by atoms with Gasteiger partial charge >= 0.3 is 0 Å². The first-order valence-electron chi connectivity index (χ1n) is 5.86. The summed E-state index contributed by atoms with van der Waals surface area (Å²) in [5.74, 6) is 1.89. The molecule has 94 valence electrons. The maximum Gasteiger partial charge on any atom is 0.126 e. The lowest BCUT2D eigenvalue weighted by Crippen LogP contribution is -2.40. The SMILES string of the molecule is COc1ccc2c(c1)OCC21CCNCC1.Cl. The Morgan fingerprint density at radius 2 is 2.06 bits per heavy atom. The molecule has 1 saturated heterocycles. The van der Waals surface area contributed by atoms with E-state index in [-0.39, 0.29) is 17.8 Å². The Morgan fingerprint density at radius 1 is 1.29 bits per heavy atom. The van der Waals surface area contributed by atoms with Gasteiger partial charge in [-0.25, -0.2) is 0 Å². The third kappa shape index (κ3) is 1.98. The smallest absolute Gasteiger partial charge is 0.126 e. The van der Waals surface area contributed by atoms with Gasteiger partial charge in [-0.3, -0.25) is 0 Å². The fourth-order valence-electron chi connectivity index (χ4n) is 2.80. The van der Waals surface area contributed by atoms with Gasteiger partial charge in [0.15, 0.2) is 0 Å². The average molecular weight is 256 g/mol. The third-order valence-corrected chi connectivity index (χ3v) is 3.82. The minimum absolute atomic E-state index is 0. The number of fused-ring (bicyclic) bond motifs is 2. The molecule has 2 heterocycles. The zero-order chi connectivity index (χ0) is 11.0. The van der Waals surface area contributed by atoms with Gasteiger partial charge in [-0.05, 0) is 32.0 Å². The fraction of sp³-hybridized carbons (Fsp3) is 0.538. The van der Waals surface area contributed by atoms with Crippen molar-refractivity contribution in [2.45, 2.75) is 18.3 Å². The second-order valence-corrected chi connectivity index (χ2v) is 4.68. The summed E-state index contributed by atoms with van der Waals surface area (Å²) < 4.78 is 11.0. The maximum atomic E-state index is 5.83. The Morgan fingerprint density at radius 3 is 2.76 bits per heavy atom. The second kappa shape index (κ2) is 4.75. The van der Waals surface area contributed by atoms with Gasteiger partial charge in [0.25, 0.3) is 0 Å². The molecule has 1 spiro atoms. The number of rotatable bonds is 1. The summed E-state index contributed by atoms with van der Waals surface area (Å²) in [4.78, 5) is 0. The molecule has 1 aromatic rings. The van der Waals surface area contributed by atoms with Gasteiger partial charge in [0, 0.05) is 17.0 Å². The van der Waals surface area contributed by atoms with Crippen molar-refractivity contribution in [3.63, 3.8) is 0 Å². The van der Waals surface area contributed by atoms with Crippen LogP contribution in [0.25, 0.3) is 0 Å². The van der Waals surface area contributed by atoms with Gasteiger partial charge in [0.2, 0.25) is 0 Å². The first kappa shape index (κ1) is 12.5. The molecular weight excluding hydrogens is 238 g/mol. The van der Waals surface area contributed by atoms with Gasteiger partial charge < -0.3 is 14.8 Å². The molecule has 3 rings (SSSR count). The van der Waals surface area contributed by atoms with E-state index in [2.05, 4.69) is 11.4 Å². The Hall–Kier alpha value is -0.930. The van der Waals surface area contributed by atoms with Gasteiger partial charge in [-0.15, -0.1) is 12.4 Å². The molecule has 0 saturated carbocycles. The Labute approximate surface area is 108 Å². The summed E-state index contributed by atoms with van der Waals surface area (Å²) in [5, 5.41) is 3.41. The zero-order valence-corrected chi connectivity index (χ0v) is 10.8. The maximum absolute atomic E-state index is 5.83. The molecule has 0 atom stereocenters. The lowest BCUT2D eigenvalue weighted by atomic mass is 9.75. The summed E-state index contributed by atoms with van der Waals surface area (Å²) in [6, 6.07) is 6.22. The largest absolute Gasteiger partial charge is 0.497 e. The van der Waals surface area contributed by atoms with E-state index >= 15 is 0 Å². The number of benzene rings is 1. The van der Waals surface area contributed by atoms with Gasteiger partial charge in [-0.2, -0.15) is 0 Å². The first-order valence-corrected chi connectivity index (χ1v) is 5.86. The number of methoxy groups -OCH3 is 1. The minimum Gasteiger partial charge on any atom is -0.497 e. The van der Waals surface area contributed by atoms with E-state index in [1.54, 1.807) is 7.11 Å². The van der Waals surface area contributed by atoms with E-state index in [0.717, 1.165) is 31.2 Å². The van der Waals surface area contributed by atoms with Gasteiger partial charge in [0.05, 0.1) is 13.7 Å². The summed E-state index contributed by atoms with van der Waals surface area (Å²) in [7, 11) is 1.69. The molecule has 0 unspecified atom stereocenters. The van der Waals surface area contributed by atoms with E-state index in [0.29, 0.717) is 0 Å². The van der Waals surface area contributed by atoms with Crippen LogP contribution in [0.1, 0.15) is 18.4 Å². The molecule has 0 radical (unpaired) electrons. The van der Waals surface area contributed by atoms with Crippen molar-refractivity contribution in [1.82, 2.24) is 5.32 Å². The Kier molecular flexibility index (Phi) is 3.50. The normalized spacial score (nSPS) is 20.3. The molecule has 3 nitrogen and oxygen atoms in total. The number of hydrogen-bond acceptors (Lipinski definition) is 3. The van der Waals surface area contributed by atoms with Crippen molar-refractivity contribution in [1.29, 1.82) is 0 Å². The first-order chi connectivity index (χ1) is 7.84. The van der Waals surface area contributed by atoms with Crippen LogP contribution in [0.2, 0.25) is 0 Å². The van der Waals surface area contributed by atoms with Crippen LogP contribution in [0.15, 0.2) is 18.2 Å². The highest BCUT2D eigenvalue weighted by atomic mass is 35.5. The summed E-state index contributed by atoms with van der Waals surface area (Å²) in [6.07, 6.45) is 2.35. The number of hydrogen-bond donors (Lipinski definition) is 1. The van der Waals surface area contributed by atoms with E-state index in [4.69, 9.17) is 9.47 Å². The van der Waals surface area contributed by atoms with Crippen molar-refractivity contribution in [2.24, 2.45) is 0 Å². The quantitative estimate of drug-likeness (QED) is 0.834. The van der Waals surface area contributed by atoms with Crippen molar-refractivity contribution in [3.8, 4) is 11.5 Å². The number of nitrogens with one attached hydrogen (secondary N) is 1. The molecule has 4 heteroatoms. The van der Waals surface area contributed by atoms with Crippen LogP contribution >= 0.6 is 12.4 Å². The molecule has 0 aromatic heterocycles. The van der Waals surface area contributed by atoms with E-state index in [9.17, 15) is 0 Å². The van der Waals surface area contributed by atoms with Crippen molar-refractivity contribution in [3.05, 3.63) is 23.8 Å². The highest BCUT2D eigenvalue weighted by Gasteiger charge is 2.41. The molecule has 1 fully saturated rings. The molecule has 17 heavy (non-hydrogen) atoms. The molecule has 0 amide bonds. The van der Waals surface area contributed by atoms with Crippen LogP contribution in [0, 0.1) is 0 Å². The van der Waals surface area contributed by atoms with Crippen LogP contribution in [-0.4, -0.2) is 26.8 Å². The van der Waals surface area contributed by atoms with Gasteiger partial charge in [-0.1, -0.05) is 6.07 Å². The lowest BCUT2D eigenvalue weighted by molar-refractivity contribution is 0.220. The van der Waals surface area contributed by atoms with Crippen molar-refractivity contribution < 1.29 is 9.47 Å². The lowest BCUT2D eigenvalue weighted by Gasteiger charge is -2.32.